The summed E-state index contributed by atoms with van der Waals surface area (Å²) in [5.41, 5.74) is 4.98. The van der Waals surface area contributed by atoms with Crippen molar-refractivity contribution < 1.29 is 0 Å². The van der Waals surface area contributed by atoms with Crippen LogP contribution in [0.3, 0.4) is 0 Å². The van der Waals surface area contributed by atoms with Gasteiger partial charge >= 0.3 is 0 Å². The molecule has 4 aliphatic rings. The van der Waals surface area contributed by atoms with E-state index in [0.29, 0.717) is 5.92 Å². The highest BCUT2D eigenvalue weighted by Crippen LogP contribution is 2.50. The van der Waals surface area contributed by atoms with E-state index in [1.54, 1.807) is 0 Å². The Morgan fingerprint density at radius 3 is 3.09 bits per heavy atom. The zero-order valence-corrected chi connectivity index (χ0v) is 13.7. The van der Waals surface area contributed by atoms with Crippen molar-refractivity contribution in [2.24, 2.45) is 11.8 Å². The fourth-order valence-corrected chi connectivity index (χ4v) is 5.76. The third-order valence-electron chi connectivity index (χ3n) is 6.65. The monoisotopic (exact) mass is 305 g/mol. The molecule has 3 fully saturated rings. The standard InChI is InChI=1S/C20H23N3/c1-2-14-7-13-9-17-19-15(5-6-23(11-13)20(14)17)16-8-12(10-21)3-4-18(16)22-19/h3-4,8,13-14,17,20,22H,2,5-7,9,11H2,1H3. The highest BCUT2D eigenvalue weighted by Gasteiger charge is 2.48. The van der Waals surface area contributed by atoms with Gasteiger partial charge in [0.05, 0.1) is 11.6 Å². The van der Waals surface area contributed by atoms with E-state index in [-0.39, 0.29) is 0 Å². The van der Waals surface area contributed by atoms with Gasteiger partial charge in [-0.05, 0) is 54.9 Å². The molecule has 1 aromatic carbocycles. The second-order valence-electron chi connectivity index (χ2n) is 7.74. The number of nitrogens with zero attached hydrogens (tertiary/aromatic N) is 2. The number of rotatable bonds is 1. The third-order valence-corrected chi connectivity index (χ3v) is 6.65. The van der Waals surface area contributed by atoms with E-state index in [1.807, 2.05) is 6.07 Å². The van der Waals surface area contributed by atoms with Gasteiger partial charge < -0.3 is 4.98 Å². The minimum Gasteiger partial charge on any atom is -0.358 e. The minimum atomic E-state index is 0.669. The lowest BCUT2D eigenvalue weighted by Gasteiger charge is -2.53. The van der Waals surface area contributed by atoms with Gasteiger partial charge in [0.25, 0.3) is 0 Å². The van der Waals surface area contributed by atoms with Gasteiger partial charge in [-0.1, -0.05) is 13.3 Å². The molecule has 1 N–H and O–H groups in total. The van der Waals surface area contributed by atoms with Gasteiger partial charge in [0, 0.05) is 41.6 Å². The predicted molar refractivity (Wildman–Crippen MR) is 91.3 cm³/mol. The summed E-state index contributed by atoms with van der Waals surface area (Å²) in [5, 5.41) is 10.5. The zero-order valence-electron chi connectivity index (χ0n) is 13.7. The number of hydrogen-bond acceptors (Lipinski definition) is 2. The van der Waals surface area contributed by atoms with Gasteiger partial charge in [-0.25, -0.2) is 0 Å². The van der Waals surface area contributed by atoms with Gasteiger partial charge in [-0.3, -0.25) is 4.90 Å². The van der Waals surface area contributed by atoms with Crippen LogP contribution in [0.2, 0.25) is 0 Å². The first-order valence-corrected chi connectivity index (χ1v) is 9.07. The maximum Gasteiger partial charge on any atom is 0.0991 e. The average Bonchev–Trinajstić information content (AvgIpc) is 2.92. The number of H-pyrrole nitrogens is 1. The van der Waals surface area contributed by atoms with Crippen LogP contribution in [-0.4, -0.2) is 29.0 Å². The predicted octanol–water partition coefficient (Wildman–Crippen LogP) is 3.80. The molecule has 5 atom stereocenters. The molecule has 5 unspecified atom stereocenters. The lowest BCUT2D eigenvalue weighted by atomic mass is 9.65. The Labute approximate surface area is 137 Å². The number of benzene rings is 1. The van der Waals surface area contributed by atoms with Crippen LogP contribution in [0, 0.1) is 23.2 Å². The molecule has 23 heavy (non-hydrogen) atoms. The van der Waals surface area contributed by atoms with E-state index in [9.17, 15) is 5.26 Å². The van der Waals surface area contributed by atoms with Crippen LogP contribution in [0.15, 0.2) is 18.2 Å². The summed E-state index contributed by atoms with van der Waals surface area (Å²) in [7, 11) is 0. The summed E-state index contributed by atoms with van der Waals surface area (Å²) in [6.45, 7) is 4.86. The molecule has 3 heteroatoms. The van der Waals surface area contributed by atoms with Crippen molar-refractivity contribution in [1.82, 2.24) is 9.88 Å². The van der Waals surface area contributed by atoms with E-state index < -0.39 is 0 Å². The second kappa shape index (κ2) is 4.85. The topological polar surface area (TPSA) is 42.8 Å². The van der Waals surface area contributed by atoms with E-state index in [4.69, 9.17) is 0 Å². The van der Waals surface area contributed by atoms with Gasteiger partial charge in [-0.2, -0.15) is 5.26 Å². The highest BCUT2D eigenvalue weighted by molar-refractivity contribution is 5.86. The molecule has 0 amide bonds. The van der Waals surface area contributed by atoms with E-state index >= 15 is 0 Å². The number of aromatic amines is 1. The van der Waals surface area contributed by atoms with Gasteiger partial charge in [0.2, 0.25) is 0 Å². The Bertz CT molecular complexity index is 812. The molecular weight excluding hydrogens is 282 g/mol. The Kier molecular flexibility index (Phi) is 2.87. The minimum absolute atomic E-state index is 0.669. The van der Waals surface area contributed by atoms with Crippen molar-refractivity contribution in [3.63, 3.8) is 0 Å². The van der Waals surface area contributed by atoms with E-state index in [0.717, 1.165) is 29.9 Å². The lowest BCUT2D eigenvalue weighted by Crippen LogP contribution is -2.56. The highest BCUT2D eigenvalue weighted by atomic mass is 15.2. The molecular formula is C20H23N3. The van der Waals surface area contributed by atoms with Crippen molar-refractivity contribution in [3.8, 4) is 6.07 Å². The maximum atomic E-state index is 9.23. The number of nitriles is 1. The number of aromatic nitrogens is 1. The molecule has 2 aromatic rings. The summed E-state index contributed by atoms with van der Waals surface area (Å²) >= 11 is 0. The Morgan fingerprint density at radius 2 is 2.26 bits per heavy atom. The van der Waals surface area contributed by atoms with Crippen LogP contribution < -0.4 is 0 Å². The molecule has 2 saturated heterocycles. The van der Waals surface area contributed by atoms with E-state index in [2.05, 4.69) is 35.0 Å². The Hall–Kier alpha value is -1.79. The molecule has 3 aliphatic heterocycles. The SMILES string of the molecule is CCC1CC2CC3c4[nH]c5ccc(C#N)cc5c4CCN(C2)C13. The van der Waals surface area contributed by atoms with E-state index in [1.165, 1.54) is 54.5 Å². The number of piperidine rings is 2. The molecule has 1 aromatic heterocycles. The first-order chi connectivity index (χ1) is 11.3. The van der Waals surface area contributed by atoms with Gasteiger partial charge in [-0.15, -0.1) is 0 Å². The molecule has 1 aliphatic carbocycles. The Balaban J connectivity index is 1.68. The number of fused-ring (bicyclic) bond motifs is 4. The summed E-state index contributed by atoms with van der Waals surface area (Å²) in [6, 6.07) is 9.15. The lowest BCUT2D eigenvalue weighted by molar-refractivity contribution is -0.0134. The molecule has 0 spiro atoms. The smallest absolute Gasteiger partial charge is 0.0991 e. The van der Waals surface area contributed by atoms with Gasteiger partial charge in [0.1, 0.15) is 0 Å². The van der Waals surface area contributed by atoms with Crippen LogP contribution in [0.5, 0.6) is 0 Å². The normalized spacial score (nSPS) is 34.9. The first kappa shape index (κ1) is 13.6. The third kappa shape index (κ3) is 1.85. The number of nitrogens with one attached hydrogen (secondary N) is 1. The second-order valence-corrected chi connectivity index (χ2v) is 7.74. The van der Waals surface area contributed by atoms with Crippen LogP contribution in [-0.2, 0) is 6.42 Å². The maximum absolute atomic E-state index is 9.23. The summed E-state index contributed by atoms with van der Waals surface area (Å²) < 4.78 is 0. The zero-order chi connectivity index (χ0) is 15.6. The van der Waals surface area contributed by atoms with Crippen LogP contribution in [0.25, 0.3) is 10.9 Å². The molecule has 0 radical (unpaired) electrons. The largest absolute Gasteiger partial charge is 0.358 e. The summed E-state index contributed by atoms with van der Waals surface area (Å²) in [5.74, 6) is 2.41. The molecule has 3 nitrogen and oxygen atoms in total. The Morgan fingerprint density at radius 1 is 1.35 bits per heavy atom. The average molecular weight is 305 g/mol. The number of hydrogen-bond donors (Lipinski definition) is 1. The van der Waals surface area contributed by atoms with Crippen LogP contribution in [0.4, 0.5) is 0 Å². The quantitative estimate of drug-likeness (QED) is 0.871. The first-order valence-electron chi connectivity index (χ1n) is 9.07. The fraction of sp³-hybridized carbons (Fsp3) is 0.550. The van der Waals surface area contributed by atoms with Crippen molar-refractivity contribution in [1.29, 1.82) is 5.26 Å². The summed E-state index contributed by atoms with van der Waals surface area (Å²) in [6.07, 6.45) is 5.22. The van der Waals surface area contributed by atoms with Crippen molar-refractivity contribution in [3.05, 3.63) is 35.0 Å². The molecule has 118 valence electrons. The molecule has 1 saturated carbocycles. The molecule has 4 bridgehead atoms. The molecule has 4 heterocycles. The molecule has 6 rings (SSSR count). The van der Waals surface area contributed by atoms with Crippen molar-refractivity contribution >= 4 is 10.9 Å². The fourth-order valence-electron chi connectivity index (χ4n) is 5.76. The van der Waals surface area contributed by atoms with Crippen molar-refractivity contribution in [2.45, 2.75) is 44.6 Å². The van der Waals surface area contributed by atoms with Crippen LogP contribution in [0.1, 0.15) is 48.9 Å². The summed E-state index contributed by atoms with van der Waals surface area (Å²) in [4.78, 5) is 6.54. The van der Waals surface area contributed by atoms with Crippen molar-refractivity contribution in [2.75, 3.05) is 13.1 Å². The van der Waals surface area contributed by atoms with Crippen LogP contribution >= 0.6 is 0 Å². The van der Waals surface area contributed by atoms with Gasteiger partial charge in [0.15, 0.2) is 0 Å².